The summed E-state index contributed by atoms with van der Waals surface area (Å²) < 4.78 is 16.3. The summed E-state index contributed by atoms with van der Waals surface area (Å²) in [6.45, 7) is 9.54. The zero-order valence-corrected chi connectivity index (χ0v) is 19.5. The van der Waals surface area contributed by atoms with Crippen molar-refractivity contribution in [2.45, 2.75) is 58.7 Å². The lowest BCUT2D eigenvalue weighted by Crippen LogP contribution is -2.50. The summed E-state index contributed by atoms with van der Waals surface area (Å²) in [5.74, 6) is -2.40. The molecule has 0 saturated heterocycles. The minimum Gasteiger partial charge on any atom is -0.459 e. The molecule has 0 bridgehead atoms. The Balaban J connectivity index is 2.26. The Morgan fingerprint density at radius 2 is 1.91 bits per heavy atom. The fourth-order valence-electron chi connectivity index (χ4n) is 4.15. The van der Waals surface area contributed by atoms with Gasteiger partial charge < -0.3 is 19.9 Å². The van der Waals surface area contributed by atoms with E-state index in [2.05, 4.69) is 0 Å². The van der Waals surface area contributed by atoms with Crippen molar-refractivity contribution in [1.82, 2.24) is 0 Å². The second kappa shape index (κ2) is 8.28. The van der Waals surface area contributed by atoms with E-state index in [1.54, 1.807) is 58.9 Å². The number of para-hydroxylation sites is 1. The van der Waals surface area contributed by atoms with Crippen LogP contribution in [-0.2, 0) is 34.0 Å². The van der Waals surface area contributed by atoms with Crippen LogP contribution in [0.4, 0.5) is 5.69 Å². The van der Waals surface area contributed by atoms with Crippen molar-refractivity contribution in [2.75, 3.05) is 11.4 Å². The Hall–Kier alpha value is -3.80. The lowest BCUT2D eigenvalue weighted by atomic mass is 9.68. The Morgan fingerprint density at radius 1 is 1.27 bits per heavy atom. The van der Waals surface area contributed by atoms with Gasteiger partial charge in [-0.25, -0.2) is 4.79 Å². The molecule has 0 aliphatic carbocycles. The molecule has 2 aliphatic rings. The Labute approximate surface area is 192 Å². The maximum Gasteiger partial charge on any atom is 0.339 e. The molecular formula is C24H27N3O6. The fourth-order valence-corrected chi connectivity index (χ4v) is 4.15. The van der Waals surface area contributed by atoms with E-state index in [0.29, 0.717) is 11.3 Å². The largest absolute Gasteiger partial charge is 0.459 e. The molecular weight excluding hydrogens is 426 g/mol. The molecule has 2 heterocycles. The van der Waals surface area contributed by atoms with Gasteiger partial charge in [-0.15, -0.1) is 0 Å². The first-order valence-corrected chi connectivity index (χ1v) is 10.5. The number of hydrogen-bond acceptors (Lipinski definition) is 8. The highest BCUT2D eigenvalue weighted by Crippen LogP contribution is 2.54. The third-order valence-corrected chi connectivity index (χ3v) is 5.14. The van der Waals surface area contributed by atoms with E-state index in [0.717, 1.165) is 0 Å². The Kier molecular flexibility index (Phi) is 5.98. The molecule has 1 aromatic carbocycles. The second-order valence-electron chi connectivity index (χ2n) is 9.08. The minimum atomic E-state index is -1.91. The number of carbonyl (C=O) groups is 3. The SMILES string of the molecule is CC1=C(C(=O)OC(C)C)C2(C(=O)N(CC(=O)OC(C)(C)C)c3ccccc32)C(C#N)=C(N)O1. The summed E-state index contributed by atoms with van der Waals surface area (Å²) >= 11 is 0. The van der Waals surface area contributed by atoms with E-state index < -0.39 is 41.5 Å². The molecule has 0 aromatic heterocycles. The van der Waals surface area contributed by atoms with E-state index >= 15 is 0 Å². The van der Waals surface area contributed by atoms with Crippen molar-refractivity contribution in [1.29, 1.82) is 5.26 Å². The van der Waals surface area contributed by atoms with Gasteiger partial charge in [0.15, 0.2) is 5.41 Å². The molecule has 1 unspecified atom stereocenters. The lowest BCUT2D eigenvalue weighted by molar-refractivity contribution is -0.153. The molecule has 1 amide bonds. The Bertz CT molecular complexity index is 1140. The highest BCUT2D eigenvalue weighted by molar-refractivity contribution is 6.19. The molecule has 174 valence electrons. The highest BCUT2D eigenvalue weighted by atomic mass is 16.6. The van der Waals surface area contributed by atoms with E-state index in [1.165, 1.54) is 11.8 Å². The zero-order chi connectivity index (χ0) is 24.7. The number of benzene rings is 1. The maximum absolute atomic E-state index is 14.1. The van der Waals surface area contributed by atoms with Crippen LogP contribution < -0.4 is 10.6 Å². The predicted molar refractivity (Wildman–Crippen MR) is 118 cm³/mol. The van der Waals surface area contributed by atoms with E-state index in [-0.39, 0.29) is 22.8 Å². The van der Waals surface area contributed by atoms with Crippen LogP contribution in [0.3, 0.4) is 0 Å². The van der Waals surface area contributed by atoms with E-state index in [9.17, 15) is 19.6 Å². The highest BCUT2D eigenvalue weighted by Gasteiger charge is 2.62. The molecule has 0 saturated carbocycles. The molecule has 2 aliphatic heterocycles. The molecule has 2 N–H and O–H groups in total. The van der Waals surface area contributed by atoms with Gasteiger partial charge in [-0.1, -0.05) is 18.2 Å². The van der Waals surface area contributed by atoms with Crippen molar-refractivity contribution in [3.63, 3.8) is 0 Å². The zero-order valence-electron chi connectivity index (χ0n) is 19.5. The molecule has 3 rings (SSSR count). The first-order chi connectivity index (χ1) is 15.3. The number of allylic oxidation sites excluding steroid dienone is 1. The van der Waals surface area contributed by atoms with Gasteiger partial charge in [0.05, 0.1) is 6.10 Å². The molecule has 1 spiro atoms. The number of rotatable bonds is 4. The minimum absolute atomic E-state index is 0.0411. The number of esters is 2. The molecule has 9 heteroatoms. The van der Waals surface area contributed by atoms with E-state index in [1.807, 2.05) is 6.07 Å². The normalized spacial score (nSPS) is 20.1. The van der Waals surface area contributed by atoms with Crippen molar-refractivity contribution in [3.05, 3.63) is 52.6 Å². The third kappa shape index (κ3) is 3.93. The van der Waals surface area contributed by atoms with Gasteiger partial charge in [-0.2, -0.15) is 5.26 Å². The van der Waals surface area contributed by atoms with Gasteiger partial charge in [0.25, 0.3) is 0 Å². The summed E-state index contributed by atoms with van der Waals surface area (Å²) in [5.41, 5.74) is 3.66. The first kappa shape index (κ1) is 23.9. The number of anilines is 1. The lowest BCUT2D eigenvalue weighted by Gasteiger charge is -2.35. The molecule has 33 heavy (non-hydrogen) atoms. The van der Waals surface area contributed by atoms with Crippen LogP contribution in [0.1, 0.15) is 47.1 Å². The number of ether oxygens (including phenoxy) is 3. The summed E-state index contributed by atoms with van der Waals surface area (Å²) in [6.07, 6.45) is -0.492. The van der Waals surface area contributed by atoms with Crippen LogP contribution in [0.2, 0.25) is 0 Å². The topological polar surface area (TPSA) is 132 Å². The number of carbonyl (C=O) groups excluding carboxylic acids is 3. The van der Waals surface area contributed by atoms with Crippen LogP contribution in [0.5, 0.6) is 0 Å². The van der Waals surface area contributed by atoms with Crippen LogP contribution in [0.15, 0.2) is 47.1 Å². The third-order valence-electron chi connectivity index (χ3n) is 5.14. The summed E-state index contributed by atoms with van der Waals surface area (Å²) in [4.78, 5) is 41.1. The van der Waals surface area contributed by atoms with Crippen molar-refractivity contribution in [3.8, 4) is 6.07 Å². The van der Waals surface area contributed by atoms with Gasteiger partial charge in [0.2, 0.25) is 11.8 Å². The van der Waals surface area contributed by atoms with Crippen LogP contribution in [0, 0.1) is 11.3 Å². The predicted octanol–water partition coefficient (Wildman–Crippen LogP) is 2.56. The van der Waals surface area contributed by atoms with Crippen LogP contribution >= 0.6 is 0 Å². The van der Waals surface area contributed by atoms with Gasteiger partial charge in [0.1, 0.15) is 35.1 Å². The van der Waals surface area contributed by atoms with Crippen molar-refractivity contribution >= 4 is 23.5 Å². The number of nitrogens with zero attached hydrogens (tertiary/aromatic N) is 2. The quantitative estimate of drug-likeness (QED) is 0.688. The molecule has 9 nitrogen and oxygen atoms in total. The molecule has 1 atom stereocenters. The van der Waals surface area contributed by atoms with Gasteiger partial charge in [-0.3, -0.25) is 14.5 Å². The smallest absolute Gasteiger partial charge is 0.339 e. The average molecular weight is 453 g/mol. The average Bonchev–Trinajstić information content (AvgIpc) is 2.90. The molecule has 0 radical (unpaired) electrons. The van der Waals surface area contributed by atoms with Crippen LogP contribution in [0.25, 0.3) is 0 Å². The Morgan fingerprint density at radius 3 is 2.48 bits per heavy atom. The number of nitrogens with two attached hydrogens (primary N) is 1. The number of nitriles is 1. The standard InChI is InChI=1S/C24H27N3O6/c1-13(2)31-21(29)19-14(3)32-20(26)16(11-25)24(19)15-9-7-8-10-17(15)27(22(24)30)12-18(28)33-23(4,5)6/h7-10,13H,12,26H2,1-6H3. The van der Waals surface area contributed by atoms with Crippen molar-refractivity contribution in [2.24, 2.45) is 5.73 Å². The number of fused-ring (bicyclic) bond motifs is 2. The number of hydrogen-bond donors (Lipinski definition) is 1. The number of amides is 1. The summed E-state index contributed by atoms with van der Waals surface area (Å²) in [6, 6.07) is 8.57. The molecule has 1 aromatic rings. The summed E-state index contributed by atoms with van der Waals surface area (Å²) in [5, 5.41) is 10.0. The second-order valence-corrected chi connectivity index (χ2v) is 9.08. The fraction of sp³-hybridized carbons (Fsp3) is 0.417. The molecule has 0 fully saturated rings. The van der Waals surface area contributed by atoms with Gasteiger partial charge >= 0.3 is 11.9 Å². The maximum atomic E-state index is 14.1. The first-order valence-electron chi connectivity index (χ1n) is 10.5. The monoisotopic (exact) mass is 453 g/mol. The van der Waals surface area contributed by atoms with E-state index in [4.69, 9.17) is 19.9 Å². The van der Waals surface area contributed by atoms with Crippen LogP contribution in [-0.4, -0.2) is 36.1 Å². The van der Waals surface area contributed by atoms with Gasteiger partial charge in [0, 0.05) is 11.3 Å². The van der Waals surface area contributed by atoms with Gasteiger partial charge in [-0.05, 0) is 47.6 Å². The summed E-state index contributed by atoms with van der Waals surface area (Å²) in [7, 11) is 0. The van der Waals surface area contributed by atoms with Crippen molar-refractivity contribution < 1.29 is 28.6 Å².